The summed E-state index contributed by atoms with van der Waals surface area (Å²) in [4.78, 5) is 0. The van der Waals surface area contributed by atoms with Crippen molar-refractivity contribution >= 4 is 49.1 Å². The van der Waals surface area contributed by atoms with E-state index < -0.39 is 0 Å². The van der Waals surface area contributed by atoms with Crippen molar-refractivity contribution in [2.24, 2.45) is 0 Å². The molecule has 17 heavy (non-hydrogen) atoms. The number of nitrogens with one attached hydrogen (secondary N) is 1. The van der Waals surface area contributed by atoms with Crippen LogP contribution in [0.25, 0.3) is 0 Å². The molecule has 0 aliphatic carbocycles. The second-order valence-corrected chi connectivity index (χ2v) is 5.34. The Morgan fingerprint density at radius 1 is 1.29 bits per heavy atom. The molecule has 2 N–H and O–H groups in total. The van der Waals surface area contributed by atoms with Crippen LogP contribution in [-0.4, -0.2) is 5.11 Å². The fourth-order valence-electron chi connectivity index (χ4n) is 1.28. The molecule has 0 fully saturated rings. The van der Waals surface area contributed by atoms with Crippen LogP contribution in [0.1, 0.15) is 5.76 Å². The molecule has 1 heterocycles. The first-order chi connectivity index (χ1) is 8.06. The molecular formula is C11H8Br2ClNO2. The van der Waals surface area contributed by atoms with Gasteiger partial charge in [0.25, 0.3) is 0 Å². The normalized spacial score (nSPS) is 10.5. The maximum atomic E-state index is 9.28. The van der Waals surface area contributed by atoms with E-state index in [9.17, 15) is 5.11 Å². The maximum absolute atomic E-state index is 9.28. The van der Waals surface area contributed by atoms with Crippen LogP contribution in [0.4, 0.5) is 5.69 Å². The minimum absolute atomic E-state index is 0.0701. The van der Waals surface area contributed by atoms with Crippen LogP contribution in [0.5, 0.6) is 5.75 Å². The Kier molecular flexibility index (Phi) is 4.01. The largest absolute Gasteiger partial charge is 0.506 e. The minimum atomic E-state index is 0.0701. The van der Waals surface area contributed by atoms with Crippen molar-refractivity contribution < 1.29 is 9.52 Å². The van der Waals surface area contributed by atoms with Crippen LogP contribution in [0, 0.1) is 0 Å². The summed E-state index contributed by atoms with van der Waals surface area (Å²) in [6, 6.07) is 6.82. The molecule has 0 aliphatic heterocycles. The van der Waals surface area contributed by atoms with Crippen LogP contribution in [-0.2, 0) is 6.54 Å². The van der Waals surface area contributed by atoms with Crippen molar-refractivity contribution in [3.63, 3.8) is 0 Å². The van der Waals surface area contributed by atoms with E-state index in [4.69, 9.17) is 16.0 Å². The van der Waals surface area contributed by atoms with E-state index in [1.54, 1.807) is 18.2 Å². The lowest BCUT2D eigenvalue weighted by Gasteiger charge is -2.05. The van der Waals surface area contributed by atoms with Gasteiger partial charge in [0.1, 0.15) is 11.5 Å². The lowest BCUT2D eigenvalue weighted by Crippen LogP contribution is -1.97. The van der Waals surface area contributed by atoms with Crippen molar-refractivity contribution in [3.05, 3.63) is 44.2 Å². The number of anilines is 1. The molecule has 0 aliphatic rings. The molecule has 1 aromatic heterocycles. The molecule has 0 spiro atoms. The second-order valence-electron chi connectivity index (χ2n) is 3.35. The van der Waals surface area contributed by atoms with Crippen LogP contribution >= 0.6 is 43.5 Å². The van der Waals surface area contributed by atoms with Crippen LogP contribution in [0.2, 0.25) is 5.02 Å². The van der Waals surface area contributed by atoms with Gasteiger partial charge in [-0.1, -0.05) is 11.6 Å². The van der Waals surface area contributed by atoms with E-state index in [2.05, 4.69) is 37.2 Å². The summed E-state index contributed by atoms with van der Waals surface area (Å²) in [5, 5.41) is 12.7. The van der Waals surface area contributed by atoms with Crippen molar-refractivity contribution in [1.82, 2.24) is 0 Å². The van der Waals surface area contributed by atoms with Gasteiger partial charge in [0.2, 0.25) is 0 Å². The molecule has 0 saturated carbocycles. The molecule has 2 rings (SSSR count). The molecule has 90 valence electrons. The molecule has 0 unspecified atom stereocenters. The number of aromatic hydroxyl groups is 1. The van der Waals surface area contributed by atoms with E-state index in [-0.39, 0.29) is 5.75 Å². The summed E-state index contributed by atoms with van der Waals surface area (Å²) in [6.07, 6.45) is 0. The standard InChI is InChI=1S/C11H8Br2ClNO2/c12-8-4-7(17-11(8)13)5-15-6-1-2-10(16)9(14)3-6/h1-4,15-16H,5H2. The third kappa shape index (κ3) is 3.18. The summed E-state index contributed by atoms with van der Waals surface area (Å²) in [5.41, 5.74) is 0.816. The maximum Gasteiger partial charge on any atom is 0.183 e. The number of phenols is 1. The Labute approximate surface area is 120 Å². The molecule has 0 radical (unpaired) electrons. The first kappa shape index (κ1) is 12.8. The molecule has 0 bridgehead atoms. The van der Waals surface area contributed by atoms with Crippen molar-refractivity contribution in [1.29, 1.82) is 0 Å². The van der Waals surface area contributed by atoms with Gasteiger partial charge in [-0.2, -0.15) is 0 Å². The van der Waals surface area contributed by atoms with Gasteiger partial charge < -0.3 is 14.8 Å². The topological polar surface area (TPSA) is 45.4 Å². The summed E-state index contributed by atoms with van der Waals surface area (Å²) < 4.78 is 6.95. The molecule has 0 saturated heterocycles. The number of benzene rings is 1. The van der Waals surface area contributed by atoms with Gasteiger partial charge in [-0.15, -0.1) is 0 Å². The van der Waals surface area contributed by atoms with Gasteiger partial charge in [-0.3, -0.25) is 0 Å². The molecule has 0 amide bonds. The van der Waals surface area contributed by atoms with Gasteiger partial charge in [-0.25, -0.2) is 0 Å². The highest BCUT2D eigenvalue weighted by atomic mass is 79.9. The Bertz CT molecular complexity index is 523. The number of halogens is 3. The number of phenolic OH excluding ortho intramolecular Hbond substituents is 1. The average molecular weight is 381 g/mol. The second kappa shape index (κ2) is 5.33. The predicted octanol–water partition coefficient (Wildman–Crippen LogP) is 4.78. The minimum Gasteiger partial charge on any atom is -0.506 e. The Morgan fingerprint density at radius 3 is 2.65 bits per heavy atom. The molecule has 6 heteroatoms. The first-order valence-electron chi connectivity index (χ1n) is 4.72. The summed E-state index contributed by atoms with van der Waals surface area (Å²) in [7, 11) is 0. The third-order valence-corrected chi connectivity index (χ3v) is 4.12. The first-order valence-corrected chi connectivity index (χ1v) is 6.69. The average Bonchev–Trinajstić information content (AvgIpc) is 2.60. The lowest BCUT2D eigenvalue weighted by molar-refractivity contribution is 0.475. The van der Waals surface area contributed by atoms with Gasteiger partial charge >= 0.3 is 0 Å². The third-order valence-electron chi connectivity index (χ3n) is 2.11. The molecule has 2 aromatic rings. The fourth-order valence-corrected chi connectivity index (χ4v) is 2.12. The predicted molar refractivity (Wildman–Crippen MR) is 74.6 cm³/mol. The SMILES string of the molecule is Oc1ccc(NCc2cc(Br)c(Br)o2)cc1Cl. The zero-order chi connectivity index (χ0) is 12.4. The summed E-state index contributed by atoms with van der Waals surface area (Å²) in [5.74, 6) is 0.855. The quantitative estimate of drug-likeness (QED) is 0.753. The van der Waals surface area contributed by atoms with Gasteiger partial charge in [0, 0.05) is 5.69 Å². The monoisotopic (exact) mass is 379 g/mol. The number of hydrogen-bond acceptors (Lipinski definition) is 3. The summed E-state index contributed by atoms with van der Waals surface area (Å²) >= 11 is 12.4. The van der Waals surface area contributed by atoms with Crippen LogP contribution in [0.3, 0.4) is 0 Å². The van der Waals surface area contributed by atoms with Crippen LogP contribution < -0.4 is 5.32 Å². The number of rotatable bonds is 3. The summed E-state index contributed by atoms with van der Waals surface area (Å²) in [6.45, 7) is 0.533. The van der Waals surface area contributed by atoms with E-state index in [0.29, 0.717) is 16.2 Å². The zero-order valence-corrected chi connectivity index (χ0v) is 12.4. The molecule has 1 aromatic carbocycles. The van der Waals surface area contributed by atoms with E-state index in [1.807, 2.05) is 6.07 Å². The van der Waals surface area contributed by atoms with E-state index >= 15 is 0 Å². The Balaban J connectivity index is 2.04. The highest BCUT2D eigenvalue weighted by Gasteiger charge is 2.06. The van der Waals surface area contributed by atoms with Gasteiger partial charge in [-0.05, 0) is 56.1 Å². The van der Waals surface area contributed by atoms with Crippen molar-refractivity contribution in [2.75, 3.05) is 5.32 Å². The van der Waals surface area contributed by atoms with E-state index in [0.717, 1.165) is 15.9 Å². The van der Waals surface area contributed by atoms with E-state index in [1.165, 1.54) is 0 Å². The molecular weight excluding hydrogens is 373 g/mol. The Hall–Kier alpha value is -0.650. The fraction of sp³-hybridized carbons (Fsp3) is 0.0909. The van der Waals surface area contributed by atoms with Gasteiger partial charge in [0.05, 0.1) is 16.0 Å². The smallest absolute Gasteiger partial charge is 0.183 e. The zero-order valence-electron chi connectivity index (χ0n) is 8.51. The van der Waals surface area contributed by atoms with Gasteiger partial charge in [0.15, 0.2) is 4.67 Å². The Morgan fingerprint density at radius 2 is 2.06 bits per heavy atom. The number of furan rings is 1. The van der Waals surface area contributed by atoms with Crippen LogP contribution in [0.15, 0.2) is 37.8 Å². The van der Waals surface area contributed by atoms with Crippen molar-refractivity contribution in [2.45, 2.75) is 6.54 Å². The highest BCUT2D eigenvalue weighted by Crippen LogP contribution is 2.28. The molecule has 3 nitrogen and oxygen atoms in total. The lowest BCUT2D eigenvalue weighted by atomic mass is 10.3. The van der Waals surface area contributed by atoms with Crippen molar-refractivity contribution in [3.8, 4) is 5.75 Å². The highest BCUT2D eigenvalue weighted by molar-refractivity contribution is 9.13. The molecule has 0 atom stereocenters. The number of hydrogen-bond donors (Lipinski definition) is 2.